The first-order valence-corrected chi connectivity index (χ1v) is 6.93. The van der Waals surface area contributed by atoms with Crippen LogP contribution in [0.1, 0.15) is 30.0 Å². The Kier molecular flexibility index (Phi) is 3.52. The summed E-state index contributed by atoms with van der Waals surface area (Å²) in [5.41, 5.74) is 3.19. The predicted octanol–water partition coefficient (Wildman–Crippen LogP) is 3.70. The Hall–Kier alpha value is -2.13. The number of nitrogens with zero attached hydrogens (tertiary/aromatic N) is 1. The SMILES string of the molecule is CCc1cccnc1C(NC)c1cc2ccccc2o1. The molecule has 3 heteroatoms. The van der Waals surface area contributed by atoms with E-state index in [4.69, 9.17) is 4.42 Å². The first kappa shape index (κ1) is 12.9. The van der Waals surface area contributed by atoms with Gasteiger partial charge in [-0.15, -0.1) is 0 Å². The van der Waals surface area contributed by atoms with Crippen LogP contribution in [0.15, 0.2) is 53.1 Å². The number of hydrogen-bond acceptors (Lipinski definition) is 3. The molecule has 0 aliphatic rings. The maximum Gasteiger partial charge on any atom is 0.134 e. The molecule has 0 bridgehead atoms. The van der Waals surface area contributed by atoms with Crippen molar-refractivity contribution in [1.29, 1.82) is 0 Å². The molecule has 0 saturated carbocycles. The lowest BCUT2D eigenvalue weighted by molar-refractivity contribution is 0.484. The third kappa shape index (κ3) is 2.21. The summed E-state index contributed by atoms with van der Waals surface area (Å²) in [5.74, 6) is 0.905. The summed E-state index contributed by atoms with van der Waals surface area (Å²) in [6.45, 7) is 2.14. The van der Waals surface area contributed by atoms with E-state index >= 15 is 0 Å². The Morgan fingerprint density at radius 3 is 2.80 bits per heavy atom. The number of nitrogens with one attached hydrogen (secondary N) is 1. The van der Waals surface area contributed by atoms with Gasteiger partial charge >= 0.3 is 0 Å². The Morgan fingerprint density at radius 2 is 2.05 bits per heavy atom. The number of fused-ring (bicyclic) bond motifs is 1. The number of aromatic nitrogens is 1. The van der Waals surface area contributed by atoms with Crippen molar-refractivity contribution in [3.63, 3.8) is 0 Å². The van der Waals surface area contributed by atoms with Crippen LogP contribution in [-0.4, -0.2) is 12.0 Å². The van der Waals surface area contributed by atoms with Gasteiger partial charge in [0.1, 0.15) is 17.4 Å². The van der Waals surface area contributed by atoms with Gasteiger partial charge in [-0.2, -0.15) is 0 Å². The van der Waals surface area contributed by atoms with Crippen molar-refractivity contribution >= 4 is 11.0 Å². The molecule has 3 rings (SSSR count). The van der Waals surface area contributed by atoms with E-state index < -0.39 is 0 Å². The summed E-state index contributed by atoms with van der Waals surface area (Å²) < 4.78 is 5.97. The van der Waals surface area contributed by atoms with E-state index in [9.17, 15) is 0 Å². The molecule has 1 aromatic carbocycles. The Labute approximate surface area is 118 Å². The van der Waals surface area contributed by atoms with E-state index in [1.807, 2.05) is 37.5 Å². The summed E-state index contributed by atoms with van der Waals surface area (Å²) >= 11 is 0. The van der Waals surface area contributed by atoms with Crippen LogP contribution < -0.4 is 5.32 Å². The molecule has 3 aromatic rings. The number of aryl methyl sites for hydroxylation is 1. The van der Waals surface area contributed by atoms with Gasteiger partial charge in [-0.05, 0) is 37.2 Å². The molecule has 20 heavy (non-hydrogen) atoms. The second kappa shape index (κ2) is 5.47. The molecule has 0 spiro atoms. The zero-order valence-electron chi connectivity index (χ0n) is 11.8. The van der Waals surface area contributed by atoms with E-state index in [0.717, 1.165) is 28.8 Å². The molecule has 2 heterocycles. The number of pyridine rings is 1. The zero-order chi connectivity index (χ0) is 13.9. The van der Waals surface area contributed by atoms with Crippen molar-refractivity contribution in [1.82, 2.24) is 10.3 Å². The monoisotopic (exact) mass is 266 g/mol. The molecular formula is C17H18N2O. The molecular weight excluding hydrogens is 248 g/mol. The minimum absolute atomic E-state index is 0.0152. The highest BCUT2D eigenvalue weighted by Crippen LogP contribution is 2.28. The van der Waals surface area contributed by atoms with Gasteiger partial charge in [0.15, 0.2) is 0 Å². The number of para-hydroxylation sites is 1. The lowest BCUT2D eigenvalue weighted by Crippen LogP contribution is -2.19. The quantitative estimate of drug-likeness (QED) is 0.782. The molecule has 0 radical (unpaired) electrons. The molecule has 0 saturated heterocycles. The van der Waals surface area contributed by atoms with Crippen molar-refractivity contribution in [2.45, 2.75) is 19.4 Å². The number of rotatable bonds is 4. The topological polar surface area (TPSA) is 38.1 Å². The molecule has 2 aromatic heterocycles. The zero-order valence-corrected chi connectivity index (χ0v) is 11.8. The van der Waals surface area contributed by atoms with E-state index in [-0.39, 0.29) is 6.04 Å². The Balaban J connectivity index is 2.09. The normalized spacial score (nSPS) is 12.7. The van der Waals surface area contributed by atoms with E-state index in [1.165, 1.54) is 5.56 Å². The largest absolute Gasteiger partial charge is 0.459 e. The molecule has 102 valence electrons. The van der Waals surface area contributed by atoms with Gasteiger partial charge in [-0.25, -0.2) is 0 Å². The molecule has 0 amide bonds. The van der Waals surface area contributed by atoms with Gasteiger partial charge in [0, 0.05) is 11.6 Å². The maximum absolute atomic E-state index is 5.97. The van der Waals surface area contributed by atoms with Gasteiger partial charge in [-0.3, -0.25) is 4.98 Å². The fraction of sp³-hybridized carbons (Fsp3) is 0.235. The summed E-state index contributed by atoms with van der Waals surface area (Å²) in [5, 5.41) is 4.44. The summed E-state index contributed by atoms with van der Waals surface area (Å²) in [6.07, 6.45) is 2.79. The summed E-state index contributed by atoms with van der Waals surface area (Å²) in [4.78, 5) is 4.54. The molecule has 0 fully saturated rings. The minimum Gasteiger partial charge on any atom is -0.459 e. The molecule has 1 unspecified atom stereocenters. The summed E-state index contributed by atoms with van der Waals surface area (Å²) in [7, 11) is 1.94. The van der Waals surface area contributed by atoms with Crippen molar-refractivity contribution in [2.75, 3.05) is 7.05 Å². The van der Waals surface area contributed by atoms with E-state index in [2.05, 4.69) is 35.4 Å². The predicted molar refractivity (Wildman–Crippen MR) is 80.7 cm³/mol. The van der Waals surface area contributed by atoms with Gasteiger partial charge in [0.2, 0.25) is 0 Å². The number of benzene rings is 1. The minimum atomic E-state index is -0.0152. The van der Waals surface area contributed by atoms with Gasteiger partial charge in [0.05, 0.1) is 5.69 Å². The fourth-order valence-corrected chi connectivity index (χ4v) is 2.57. The number of furan rings is 1. The van der Waals surface area contributed by atoms with Crippen LogP contribution in [0.5, 0.6) is 0 Å². The van der Waals surface area contributed by atoms with E-state index in [1.54, 1.807) is 0 Å². The lowest BCUT2D eigenvalue weighted by atomic mass is 10.0. The third-order valence-corrected chi connectivity index (χ3v) is 3.60. The average Bonchev–Trinajstić information content (AvgIpc) is 2.92. The molecule has 1 atom stereocenters. The fourth-order valence-electron chi connectivity index (χ4n) is 2.57. The van der Waals surface area contributed by atoms with Crippen LogP contribution in [0.25, 0.3) is 11.0 Å². The highest BCUT2D eigenvalue weighted by atomic mass is 16.3. The van der Waals surface area contributed by atoms with E-state index in [0.29, 0.717) is 0 Å². The highest BCUT2D eigenvalue weighted by molar-refractivity contribution is 5.77. The Bertz CT molecular complexity index is 685. The van der Waals surface area contributed by atoms with Gasteiger partial charge < -0.3 is 9.73 Å². The molecule has 0 aliphatic carbocycles. The van der Waals surface area contributed by atoms with Gasteiger partial charge in [0.25, 0.3) is 0 Å². The lowest BCUT2D eigenvalue weighted by Gasteiger charge is -2.16. The van der Waals surface area contributed by atoms with Crippen LogP contribution in [0.4, 0.5) is 0 Å². The summed E-state index contributed by atoms with van der Waals surface area (Å²) in [6, 6.07) is 14.2. The van der Waals surface area contributed by atoms with Crippen molar-refractivity contribution < 1.29 is 4.42 Å². The molecule has 1 N–H and O–H groups in total. The smallest absolute Gasteiger partial charge is 0.134 e. The first-order chi connectivity index (χ1) is 9.83. The van der Waals surface area contributed by atoms with Crippen LogP contribution in [-0.2, 0) is 6.42 Å². The van der Waals surface area contributed by atoms with Crippen LogP contribution in [0.3, 0.4) is 0 Å². The van der Waals surface area contributed by atoms with Crippen molar-refractivity contribution in [2.24, 2.45) is 0 Å². The first-order valence-electron chi connectivity index (χ1n) is 6.93. The third-order valence-electron chi connectivity index (χ3n) is 3.60. The van der Waals surface area contributed by atoms with Crippen LogP contribution in [0.2, 0.25) is 0 Å². The molecule has 0 aliphatic heterocycles. The van der Waals surface area contributed by atoms with Gasteiger partial charge in [-0.1, -0.05) is 31.2 Å². The maximum atomic E-state index is 5.97. The van der Waals surface area contributed by atoms with Crippen molar-refractivity contribution in [3.05, 3.63) is 65.7 Å². The number of hydrogen-bond donors (Lipinski definition) is 1. The second-order valence-electron chi connectivity index (χ2n) is 4.81. The van der Waals surface area contributed by atoms with Crippen molar-refractivity contribution in [3.8, 4) is 0 Å². The standard InChI is InChI=1S/C17H18N2O/c1-3-12-8-6-10-19-16(12)17(18-2)15-11-13-7-4-5-9-14(13)20-15/h4-11,17-18H,3H2,1-2H3. The average molecular weight is 266 g/mol. The highest BCUT2D eigenvalue weighted by Gasteiger charge is 2.20. The van der Waals surface area contributed by atoms with Crippen LogP contribution in [0, 0.1) is 0 Å². The Morgan fingerprint density at radius 1 is 1.20 bits per heavy atom. The second-order valence-corrected chi connectivity index (χ2v) is 4.81. The van der Waals surface area contributed by atoms with Crippen LogP contribution >= 0.6 is 0 Å². The molecule has 3 nitrogen and oxygen atoms in total.